The molecule has 0 atom stereocenters. The van der Waals surface area contributed by atoms with Crippen molar-refractivity contribution < 1.29 is 4.79 Å². The minimum atomic E-state index is -0.307. The smallest absolute Gasteiger partial charge is 0.256 e. The summed E-state index contributed by atoms with van der Waals surface area (Å²) in [7, 11) is 1.84. The zero-order chi connectivity index (χ0) is 19.7. The number of fused-ring (bicyclic) bond motifs is 1. The fourth-order valence-corrected chi connectivity index (χ4v) is 3.10. The number of nitrogens with one attached hydrogen (secondary N) is 1. The maximum absolute atomic E-state index is 12.8. The van der Waals surface area contributed by atoms with Gasteiger partial charge in [-0.2, -0.15) is 15.5 Å². The molecule has 2 heterocycles. The Hall–Kier alpha value is -4.18. The molecule has 28 heavy (non-hydrogen) atoms. The molecule has 4 rings (SSSR count). The normalized spacial score (nSPS) is 10.6. The first kappa shape index (κ1) is 17.2. The number of amides is 1. The summed E-state index contributed by atoms with van der Waals surface area (Å²) in [5, 5.41) is 21.7. The Bertz CT molecular complexity index is 1260. The number of benzene rings is 2. The molecule has 0 fully saturated rings. The second-order valence-electron chi connectivity index (χ2n) is 6.24. The lowest BCUT2D eigenvalue weighted by Gasteiger charge is -2.09. The van der Waals surface area contributed by atoms with Crippen LogP contribution >= 0.6 is 0 Å². The summed E-state index contributed by atoms with van der Waals surface area (Å²) in [5.41, 5.74) is 3.63. The van der Waals surface area contributed by atoms with Crippen LogP contribution in [0.4, 0.5) is 5.69 Å². The van der Waals surface area contributed by atoms with Crippen LogP contribution in [0.2, 0.25) is 0 Å². The molecule has 0 bridgehead atoms. The number of aromatic nitrogens is 4. The molecule has 0 aliphatic carbocycles. The molecule has 7 nitrogen and oxygen atoms in total. The molecular formula is C21H16N6O. The van der Waals surface area contributed by atoms with Crippen molar-refractivity contribution in [3.63, 3.8) is 0 Å². The fourth-order valence-electron chi connectivity index (χ4n) is 3.10. The minimum absolute atomic E-state index is 0.307. The Morgan fingerprint density at radius 2 is 2.11 bits per heavy atom. The standard InChI is InChI=1S/C21H16N6O/c1-3-18-14(10-22)5-4-6-19(18)21(28)25-16-8-7-15-11-24-27(20(15)9-16)17-12-23-26(2)13-17/h3-9,11-13H,1H2,2H3,(H,25,28). The second-order valence-corrected chi connectivity index (χ2v) is 6.24. The van der Waals surface area contributed by atoms with Gasteiger partial charge in [0.15, 0.2) is 0 Å². The molecule has 2 aromatic carbocycles. The second kappa shape index (κ2) is 6.85. The van der Waals surface area contributed by atoms with E-state index in [1.807, 2.05) is 31.4 Å². The van der Waals surface area contributed by atoms with Gasteiger partial charge in [0.2, 0.25) is 0 Å². The highest BCUT2D eigenvalue weighted by Crippen LogP contribution is 2.23. The molecule has 136 valence electrons. The van der Waals surface area contributed by atoms with Crippen molar-refractivity contribution in [1.82, 2.24) is 19.6 Å². The van der Waals surface area contributed by atoms with Crippen LogP contribution in [0.3, 0.4) is 0 Å². The molecule has 0 aliphatic rings. The topological polar surface area (TPSA) is 88.5 Å². The molecule has 0 spiro atoms. The van der Waals surface area contributed by atoms with Crippen LogP contribution in [0.15, 0.2) is 61.6 Å². The zero-order valence-electron chi connectivity index (χ0n) is 15.1. The molecule has 4 aromatic rings. The lowest BCUT2D eigenvalue weighted by molar-refractivity contribution is 0.102. The molecule has 0 radical (unpaired) electrons. The highest BCUT2D eigenvalue weighted by molar-refractivity contribution is 6.07. The van der Waals surface area contributed by atoms with Crippen LogP contribution < -0.4 is 5.32 Å². The van der Waals surface area contributed by atoms with E-state index in [2.05, 4.69) is 28.2 Å². The van der Waals surface area contributed by atoms with Gasteiger partial charge in [-0.25, -0.2) is 4.68 Å². The van der Waals surface area contributed by atoms with Gasteiger partial charge in [0, 0.05) is 29.2 Å². The van der Waals surface area contributed by atoms with Gasteiger partial charge in [0.1, 0.15) is 5.69 Å². The van der Waals surface area contributed by atoms with Gasteiger partial charge >= 0.3 is 0 Å². The molecule has 0 unspecified atom stereocenters. The first-order valence-electron chi connectivity index (χ1n) is 8.54. The van der Waals surface area contributed by atoms with E-state index in [9.17, 15) is 10.1 Å². The van der Waals surface area contributed by atoms with Gasteiger partial charge in [0.05, 0.1) is 35.7 Å². The summed E-state index contributed by atoms with van der Waals surface area (Å²) < 4.78 is 3.47. The molecular weight excluding hydrogens is 352 g/mol. The van der Waals surface area contributed by atoms with Crippen molar-refractivity contribution in [2.75, 3.05) is 5.32 Å². The van der Waals surface area contributed by atoms with Crippen LogP contribution in [0.5, 0.6) is 0 Å². The average molecular weight is 368 g/mol. The van der Waals surface area contributed by atoms with Crippen molar-refractivity contribution in [2.45, 2.75) is 0 Å². The Labute approximate surface area is 161 Å². The van der Waals surface area contributed by atoms with Crippen molar-refractivity contribution in [2.24, 2.45) is 7.05 Å². The summed E-state index contributed by atoms with van der Waals surface area (Å²) in [6.07, 6.45) is 6.87. The summed E-state index contributed by atoms with van der Waals surface area (Å²) in [6, 6.07) is 12.7. The first-order chi connectivity index (χ1) is 13.6. The van der Waals surface area contributed by atoms with Gasteiger partial charge < -0.3 is 5.32 Å². The predicted octanol–water partition coefficient (Wildman–Crippen LogP) is 3.53. The molecule has 0 saturated heterocycles. The number of nitriles is 1. The van der Waals surface area contributed by atoms with E-state index >= 15 is 0 Å². The highest BCUT2D eigenvalue weighted by atomic mass is 16.1. The third kappa shape index (κ3) is 2.93. The monoisotopic (exact) mass is 368 g/mol. The quantitative estimate of drug-likeness (QED) is 0.597. The number of hydrogen-bond acceptors (Lipinski definition) is 4. The van der Waals surface area contributed by atoms with Crippen molar-refractivity contribution in [3.05, 3.63) is 78.3 Å². The number of aryl methyl sites for hydroxylation is 1. The van der Waals surface area contributed by atoms with Gasteiger partial charge in [0.25, 0.3) is 5.91 Å². The van der Waals surface area contributed by atoms with Gasteiger partial charge in [-0.15, -0.1) is 0 Å². The van der Waals surface area contributed by atoms with E-state index in [1.54, 1.807) is 40.0 Å². The molecule has 1 amide bonds. The molecule has 2 aromatic heterocycles. The highest BCUT2D eigenvalue weighted by Gasteiger charge is 2.14. The molecule has 0 saturated carbocycles. The zero-order valence-corrected chi connectivity index (χ0v) is 15.1. The predicted molar refractivity (Wildman–Crippen MR) is 107 cm³/mol. The molecule has 7 heteroatoms. The number of nitrogens with zero attached hydrogens (tertiary/aromatic N) is 5. The van der Waals surface area contributed by atoms with E-state index in [0.717, 1.165) is 16.6 Å². The summed E-state index contributed by atoms with van der Waals surface area (Å²) in [5.74, 6) is -0.307. The van der Waals surface area contributed by atoms with E-state index in [0.29, 0.717) is 22.4 Å². The average Bonchev–Trinajstić information content (AvgIpc) is 3.32. The summed E-state index contributed by atoms with van der Waals surface area (Å²) in [4.78, 5) is 12.8. The first-order valence-corrected chi connectivity index (χ1v) is 8.54. The van der Waals surface area contributed by atoms with E-state index in [4.69, 9.17) is 0 Å². The van der Waals surface area contributed by atoms with E-state index in [-0.39, 0.29) is 5.91 Å². The number of carbonyl (C=O) groups is 1. The lowest BCUT2D eigenvalue weighted by atomic mass is 10.0. The van der Waals surface area contributed by atoms with Crippen LogP contribution in [0, 0.1) is 11.3 Å². The van der Waals surface area contributed by atoms with Crippen molar-refractivity contribution in [1.29, 1.82) is 5.26 Å². The number of rotatable bonds is 4. The van der Waals surface area contributed by atoms with Crippen LogP contribution in [0.1, 0.15) is 21.5 Å². The van der Waals surface area contributed by atoms with E-state index in [1.165, 1.54) is 6.08 Å². The van der Waals surface area contributed by atoms with Crippen LogP contribution in [0.25, 0.3) is 22.7 Å². The Balaban J connectivity index is 1.70. The molecule has 0 aliphatic heterocycles. The number of carbonyl (C=O) groups excluding carboxylic acids is 1. The number of anilines is 1. The third-order valence-electron chi connectivity index (χ3n) is 4.44. The van der Waals surface area contributed by atoms with Gasteiger partial charge in [-0.1, -0.05) is 18.7 Å². The Kier molecular flexibility index (Phi) is 4.22. The van der Waals surface area contributed by atoms with Crippen LogP contribution in [-0.4, -0.2) is 25.5 Å². The third-order valence-corrected chi connectivity index (χ3v) is 4.44. The Morgan fingerprint density at radius 3 is 2.82 bits per heavy atom. The minimum Gasteiger partial charge on any atom is -0.322 e. The molecule has 1 N–H and O–H groups in total. The van der Waals surface area contributed by atoms with Crippen LogP contribution in [-0.2, 0) is 7.05 Å². The van der Waals surface area contributed by atoms with Crippen molar-refractivity contribution in [3.8, 4) is 11.8 Å². The number of hydrogen-bond donors (Lipinski definition) is 1. The summed E-state index contributed by atoms with van der Waals surface area (Å²) in [6.45, 7) is 3.72. The van der Waals surface area contributed by atoms with Gasteiger partial charge in [-0.3, -0.25) is 9.48 Å². The maximum atomic E-state index is 12.8. The van der Waals surface area contributed by atoms with Gasteiger partial charge in [-0.05, 0) is 30.3 Å². The van der Waals surface area contributed by atoms with E-state index < -0.39 is 0 Å². The maximum Gasteiger partial charge on any atom is 0.256 e. The fraction of sp³-hybridized carbons (Fsp3) is 0.0476. The largest absolute Gasteiger partial charge is 0.322 e. The van der Waals surface area contributed by atoms with Crippen molar-refractivity contribution >= 4 is 28.6 Å². The summed E-state index contributed by atoms with van der Waals surface area (Å²) >= 11 is 0. The Morgan fingerprint density at radius 1 is 1.25 bits per heavy atom. The SMILES string of the molecule is C=Cc1c(C#N)cccc1C(=O)Nc1ccc2cnn(-c3cnn(C)c3)c2c1. The lowest BCUT2D eigenvalue weighted by Crippen LogP contribution is -2.14.